The van der Waals surface area contributed by atoms with Gasteiger partial charge in [0.1, 0.15) is 0 Å². The van der Waals surface area contributed by atoms with Crippen LogP contribution >= 0.6 is 11.3 Å². The molecule has 0 saturated carbocycles. The molecule has 2 aromatic heterocycles. The van der Waals surface area contributed by atoms with E-state index >= 15 is 0 Å². The molecule has 0 aliphatic carbocycles. The van der Waals surface area contributed by atoms with Crippen molar-refractivity contribution in [3.63, 3.8) is 0 Å². The average molecular weight is 319 g/mol. The minimum absolute atomic E-state index is 0.0539. The van der Waals surface area contributed by atoms with Gasteiger partial charge in [0.15, 0.2) is 0 Å². The molecule has 1 aliphatic rings. The molecular weight excluding hydrogens is 298 g/mol. The van der Waals surface area contributed by atoms with E-state index in [-0.39, 0.29) is 5.56 Å². The highest BCUT2D eigenvalue weighted by Gasteiger charge is 2.21. The largest absolute Gasteiger partial charge is 0.470 e. The monoisotopic (exact) mass is 319 g/mol. The number of nitrogens with zero attached hydrogens (tertiary/aromatic N) is 3. The zero-order valence-electron chi connectivity index (χ0n) is 12.8. The van der Waals surface area contributed by atoms with Crippen LogP contribution in [0.15, 0.2) is 34.7 Å². The molecular formula is C16H21N3O2S. The second kappa shape index (κ2) is 7.07. The molecule has 0 aromatic carbocycles. The Balaban J connectivity index is 1.53. The maximum Gasteiger partial charge on any atom is 0.273 e. The van der Waals surface area contributed by atoms with Crippen molar-refractivity contribution in [2.75, 3.05) is 19.7 Å². The van der Waals surface area contributed by atoms with Crippen molar-refractivity contribution in [2.45, 2.75) is 19.4 Å². The van der Waals surface area contributed by atoms with Crippen molar-refractivity contribution >= 4 is 11.3 Å². The van der Waals surface area contributed by atoms with Crippen molar-refractivity contribution in [3.8, 4) is 5.19 Å². The Morgan fingerprint density at radius 2 is 2.41 bits per heavy atom. The lowest BCUT2D eigenvalue weighted by Gasteiger charge is -2.32. The normalized spacial score (nSPS) is 19.2. The number of aryl methyl sites for hydroxylation is 1. The summed E-state index contributed by atoms with van der Waals surface area (Å²) in [5.41, 5.74) is 1.14. The Labute approximate surface area is 134 Å². The number of ether oxygens (including phenoxy) is 1. The minimum Gasteiger partial charge on any atom is -0.470 e. The van der Waals surface area contributed by atoms with Crippen molar-refractivity contribution in [2.24, 2.45) is 13.0 Å². The first-order valence-electron chi connectivity index (χ1n) is 7.61. The molecule has 5 nitrogen and oxygen atoms in total. The van der Waals surface area contributed by atoms with E-state index in [1.54, 1.807) is 23.9 Å². The van der Waals surface area contributed by atoms with Crippen LogP contribution in [0.4, 0.5) is 0 Å². The summed E-state index contributed by atoms with van der Waals surface area (Å²) in [6.07, 6.45) is 5.98. The van der Waals surface area contributed by atoms with Crippen molar-refractivity contribution in [3.05, 3.63) is 45.8 Å². The van der Waals surface area contributed by atoms with Gasteiger partial charge in [-0.2, -0.15) is 0 Å². The van der Waals surface area contributed by atoms with Crippen molar-refractivity contribution in [1.29, 1.82) is 0 Å². The highest BCUT2D eigenvalue weighted by Crippen LogP contribution is 2.21. The van der Waals surface area contributed by atoms with Crippen molar-refractivity contribution in [1.82, 2.24) is 14.5 Å². The highest BCUT2D eigenvalue weighted by molar-refractivity contribution is 7.11. The maximum atomic E-state index is 11.7. The third kappa shape index (κ3) is 3.96. The van der Waals surface area contributed by atoms with Gasteiger partial charge in [0, 0.05) is 49.9 Å². The lowest BCUT2D eigenvalue weighted by Crippen LogP contribution is -2.37. The standard InChI is InChI=1S/C16H21N3O2S/c1-18-7-4-13(9-15(18)20)10-19-6-2-3-14(11-19)12-21-16-17-5-8-22-16/h4-5,7-9,14H,2-3,6,10-12H2,1H3. The molecule has 6 heteroatoms. The lowest BCUT2D eigenvalue weighted by molar-refractivity contribution is 0.125. The van der Waals surface area contributed by atoms with Gasteiger partial charge < -0.3 is 9.30 Å². The first kappa shape index (κ1) is 15.2. The van der Waals surface area contributed by atoms with E-state index < -0.39 is 0 Å². The molecule has 0 N–H and O–H groups in total. The van der Waals surface area contributed by atoms with E-state index in [2.05, 4.69) is 9.88 Å². The van der Waals surface area contributed by atoms with Crippen LogP contribution < -0.4 is 10.3 Å². The summed E-state index contributed by atoms with van der Waals surface area (Å²) >= 11 is 1.53. The van der Waals surface area contributed by atoms with Gasteiger partial charge in [-0.25, -0.2) is 4.98 Å². The van der Waals surface area contributed by atoms with Crippen LogP contribution in [0.1, 0.15) is 18.4 Å². The van der Waals surface area contributed by atoms with E-state index in [0.717, 1.165) is 37.0 Å². The lowest BCUT2D eigenvalue weighted by atomic mass is 9.98. The van der Waals surface area contributed by atoms with Gasteiger partial charge in [-0.05, 0) is 31.0 Å². The molecule has 2 aromatic rings. The first-order valence-corrected chi connectivity index (χ1v) is 8.49. The predicted molar refractivity (Wildman–Crippen MR) is 87.3 cm³/mol. The van der Waals surface area contributed by atoms with Crippen LogP contribution in [0.25, 0.3) is 0 Å². The zero-order valence-corrected chi connectivity index (χ0v) is 13.6. The molecule has 1 aliphatic heterocycles. The SMILES string of the molecule is Cn1ccc(CN2CCCC(COc3nccs3)C2)cc1=O. The predicted octanol–water partition coefficient (Wildman–Crippen LogP) is 2.13. The van der Waals surface area contributed by atoms with Gasteiger partial charge in [0.2, 0.25) is 0 Å². The molecule has 22 heavy (non-hydrogen) atoms. The molecule has 1 unspecified atom stereocenters. The molecule has 0 bridgehead atoms. The van der Waals surface area contributed by atoms with Crippen LogP contribution in [-0.4, -0.2) is 34.1 Å². The van der Waals surface area contributed by atoms with Crippen LogP contribution in [0.5, 0.6) is 5.19 Å². The molecule has 3 rings (SSSR count). The van der Waals surface area contributed by atoms with Crippen molar-refractivity contribution < 1.29 is 4.74 Å². The molecule has 1 saturated heterocycles. The third-order valence-corrected chi connectivity index (χ3v) is 4.71. The topological polar surface area (TPSA) is 47.4 Å². The van der Waals surface area contributed by atoms with Crippen LogP contribution in [0, 0.1) is 5.92 Å². The van der Waals surface area contributed by atoms with E-state index in [4.69, 9.17) is 4.74 Å². The van der Waals surface area contributed by atoms with Gasteiger partial charge in [-0.15, -0.1) is 0 Å². The highest BCUT2D eigenvalue weighted by atomic mass is 32.1. The summed E-state index contributed by atoms with van der Waals surface area (Å²) in [5, 5.41) is 2.68. The first-order chi connectivity index (χ1) is 10.7. The Hall–Kier alpha value is -1.66. The number of likely N-dealkylation sites (tertiary alicyclic amines) is 1. The summed E-state index contributed by atoms with van der Waals surface area (Å²) in [5.74, 6) is 0.532. The number of thiazole rings is 1. The number of rotatable bonds is 5. The third-order valence-electron chi connectivity index (χ3n) is 4.03. The molecule has 0 radical (unpaired) electrons. The molecule has 118 valence electrons. The average Bonchev–Trinajstić information content (AvgIpc) is 3.03. The van der Waals surface area contributed by atoms with Gasteiger partial charge in [0.25, 0.3) is 10.8 Å². The fourth-order valence-corrected chi connectivity index (χ4v) is 3.34. The summed E-state index contributed by atoms with van der Waals surface area (Å²) in [6, 6.07) is 3.76. The fraction of sp³-hybridized carbons (Fsp3) is 0.500. The molecule has 1 fully saturated rings. The number of piperidine rings is 1. The van der Waals surface area contributed by atoms with Gasteiger partial charge >= 0.3 is 0 Å². The number of hydrogen-bond donors (Lipinski definition) is 0. The maximum absolute atomic E-state index is 11.7. The molecule has 0 amide bonds. The smallest absolute Gasteiger partial charge is 0.273 e. The van der Waals surface area contributed by atoms with E-state index in [1.807, 2.05) is 17.6 Å². The van der Waals surface area contributed by atoms with Crippen LogP contribution in [0.2, 0.25) is 0 Å². The second-order valence-electron chi connectivity index (χ2n) is 5.84. The zero-order chi connectivity index (χ0) is 15.4. The Bertz CT molecular complexity index is 654. The van der Waals surface area contributed by atoms with Crippen LogP contribution in [0.3, 0.4) is 0 Å². The van der Waals surface area contributed by atoms with E-state index in [9.17, 15) is 4.79 Å². The number of aromatic nitrogens is 2. The van der Waals surface area contributed by atoms with E-state index in [1.165, 1.54) is 24.2 Å². The van der Waals surface area contributed by atoms with Gasteiger partial charge in [-0.3, -0.25) is 9.69 Å². The van der Waals surface area contributed by atoms with E-state index in [0.29, 0.717) is 5.92 Å². The molecule has 3 heterocycles. The Morgan fingerprint density at radius 1 is 1.50 bits per heavy atom. The van der Waals surface area contributed by atoms with Crippen LogP contribution in [-0.2, 0) is 13.6 Å². The summed E-state index contributed by atoms with van der Waals surface area (Å²) in [7, 11) is 1.78. The quantitative estimate of drug-likeness (QED) is 0.847. The second-order valence-corrected chi connectivity index (χ2v) is 6.69. The van der Waals surface area contributed by atoms with Gasteiger partial charge in [0.05, 0.1) is 6.61 Å². The minimum atomic E-state index is 0.0539. The molecule has 1 atom stereocenters. The fourth-order valence-electron chi connectivity index (χ4n) is 2.85. The number of hydrogen-bond acceptors (Lipinski definition) is 5. The summed E-state index contributed by atoms with van der Waals surface area (Å²) < 4.78 is 7.35. The summed E-state index contributed by atoms with van der Waals surface area (Å²) in [6.45, 7) is 3.66. The van der Waals surface area contributed by atoms with Gasteiger partial charge in [-0.1, -0.05) is 11.3 Å². The summed E-state index contributed by atoms with van der Waals surface area (Å²) in [4.78, 5) is 18.3. The Morgan fingerprint density at radius 3 is 3.18 bits per heavy atom. The molecule has 0 spiro atoms. The Kier molecular flexibility index (Phi) is 4.90. The number of pyridine rings is 1.